The molecule has 2 heterocycles. The van der Waals surface area contributed by atoms with Gasteiger partial charge in [0.1, 0.15) is 12.6 Å². The number of imide groups is 2. The van der Waals surface area contributed by atoms with Crippen LogP contribution in [-0.2, 0) is 47.5 Å². The van der Waals surface area contributed by atoms with Crippen LogP contribution in [0.25, 0.3) is 0 Å². The molecule has 0 radical (unpaired) electrons. The third-order valence-corrected chi connectivity index (χ3v) is 7.62. The van der Waals surface area contributed by atoms with Gasteiger partial charge in [-0.05, 0) is 25.0 Å². The van der Waals surface area contributed by atoms with E-state index in [0.717, 1.165) is 30.6 Å². The van der Waals surface area contributed by atoms with Crippen LogP contribution in [0.5, 0.6) is 0 Å². The van der Waals surface area contributed by atoms with Crippen molar-refractivity contribution in [2.75, 3.05) is 97.8 Å². The minimum absolute atomic E-state index is 0.0659. The van der Waals surface area contributed by atoms with Gasteiger partial charge < -0.3 is 38.5 Å². The summed E-state index contributed by atoms with van der Waals surface area (Å²) in [6.45, 7) is 7.72. The highest BCUT2D eigenvalue weighted by Crippen LogP contribution is 2.32. The van der Waals surface area contributed by atoms with Crippen molar-refractivity contribution in [2.45, 2.75) is 57.9 Å². The number of benzene rings is 1. The number of unbranched alkanes of at least 4 members (excludes halogenated alkanes) is 3. The van der Waals surface area contributed by atoms with Crippen molar-refractivity contribution in [3.63, 3.8) is 0 Å². The van der Waals surface area contributed by atoms with E-state index in [1.807, 2.05) is 0 Å². The molecule has 0 bridgehead atoms. The molecular formula is C34H51N3O12. The summed E-state index contributed by atoms with van der Waals surface area (Å²) in [5.41, 5.74) is 0.905. The topological polar surface area (TPSA) is 177 Å². The van der Waals surface area contributed by atoms with Crippen LogP contribution in [-0.4, -0.2) is 133 Å². The number of piperidine rings is 1. The highest BCUT2D eigenvalue weighted by molar-refractivity contribution is 6.25. The summed E-state index contributed by atoms with van der Waals surface area (Å²) >= 11 is 0. The van der Waals surface area contributed by atoms with Gasteiger partial charge in [0.05, 0.1) is 90.4 Å². The number of ether oxygens (including phenoxy) is 7. The minimum atomic E-state index is -1.01. The zero-order valence-corrected chi connectivity index (χ0v) is 28.5. The Balaban J connectivity index is 1.08. The van der Waals surface area contributed by atoms with Crippen molar-refractivity contribution in [3.05, 3.63) is 29.3 Å². The first kappa shape index (κ1) is 40.0. The smallest absolute Gasteiger partial charge is 0.305 e. The highest BCUT2D eigenvalue weighted by Gasteiger charge is 2.45. The fourth-order valence-corrected chi connectivity index (χ4v) is 5.10. The van der Waals surface area contributed by atoms with E-state index >= 15 is 0 Å². The molecule has 274 valence electrons. The molecule has 2 aliphatic rings. The lowest BCUT2D eigenvalue weighted by Crippen LogP contribution is -2.54. The predicted molar refractivity (Wildman–Crippen MR) is 176 cm³/mol. The molecule has 15 nitrogen and oxygen atoms in total. The Bertz CT molecular complexity index is 1200. The number of rotatable bonds is 28. The molecule has 15 heteroatoms. The maximum Gasteiger partial charge on any atom is 0.305 e. The summed E-state index contributed by atoms with van der Waals surface area (Å²) in [5.74, 6) is -2.34. The van der Waals surface area contributed by atoms with Crippen LogP contribution in [0, 0.1) is 0 Å². The van der Waals surface area contributed by atoms with Crippen LogP contribution in [0.1, 0.15) is 72.6 Å². The van der Waals surface area contributed by atoms with Gasteiger partial charge in [0, 0.05) is 25.1 Å². The van der Waals surface area contributed by atoms with Crippen LogP contribution in [0.15, 0.2) is 18.2 Å². The first-order valence-corrected chi connectivity index (χ1v) is 17.1. The summed E-state index contributed by atoms with van der Waals surface area (Å²) in [6.07, 6.45) is 4.85. The van der Waals surface area contributed by atoms with Gasteiger partial charge >= 0.3 is 5.97 Å². The van der Waals surface area contributed by atoms with E-state index in [-0.39, 0.29) is 36.5 Å². The van der Waals surface area contributed by atoms with Crippen molar-refractivity contribution < 1.29 is 57.1 Å². The van der Waals surface area contributed by atoms with Gasteiger partial charge in [0.2, 0.25) is 11.8 Å². The van der Waals surface area contributed by atoms with Crippen LogP contribution in [0.4, 0.5) is 5.69 Å². The van der Waals surface area contributed by atoms with E-state index in [4.69, 9.17) is 33.2 Å². The molecule has 0 spiro atoms. The van der Waals surface area contributed by atoms with Gasteiger partial charge in [-0.3, -0.25) is 34.2 Å². The van der Waals surface area contributed by atoms with Gasteiger partial charge in [0.25, 0.3) is 11.8 Å². The number of anilines is 1. The SMILES string of the molecule is CCCCCCC(=O)OCCOCCOCCOCCOCCOCCOCCNc1cccc2c1C(=O)N(C1CCC(=O)NC1=O)C2=O. The summed E-state index contributed by atoms with van der Waals surface area (Å²) in [4.78, 5) is 62.3. The lowest BCUT2D eigenvalue weighted by molar-refractivity contribution is -0.145. The zero-order valence-electron chi connectivity index (χ0n) is 28.5. The maximum atomic E-state index is 13.1. The number of carbonyl (C=O) groups excluding carboxylic acids is 5. The molecule has 2 N–H and O–H groups in total. The monoisotopic (exact) mass is 693 g/mol. The van der Waals surface area contributed by atoms with Crippen LogP contribution < -0.4 is 10.6 Å². The number of hydrogen-bond acceptors (Lipinski definition) is 13. The third kappa shape index (κ3) is 14.5. The quantitative estimate of drug-likeness (QED) is 0.0742. The Kier molecular flexibility index (Phi) is 19.4. The number of fused-ring (bicyclic) bond motifs is 1. The average Bonchev–Trinajstić information content (AvgIpc) is 3.34. The van der Waals surface area contributed by atoms with Crippen molar-refractivity contribution in [1.82, 2.24) is 10.2 Å². The molecule has 3 rings (SSSR count). The Morgan fingerprint density at radius 3 is 1.90 bits per heavy atom. The molecule has 0 aliphatic carbocycles. The summed E-state index contributed by atoms with van der Waals surface area (Å²) in [7, 11) is 0. The normalized spacial score (nSPS) is 15.9. The maximum absolute atomic E-state index is 13.1. The van der Waals surface area contributed by atoms with Crippen molar-refractivity contribution >= 4 is 35.3 Å². The number of nitrogens with zero attached hydrogens (tertiary/aromatic N) is 1. The summed E-state index contributed by atoms with van der Waals surface area (Å²) in [6, 6.07) is 3.90. The lowest BCUT2D eigenvalue weighted by atomic mass is 10.0. The van der Waals surface area contributed by atoms with E-state index in [1.54, 1.807) is 18.2 Å². The first-order chi connectivity index (χ1) is 23.9. The second-order valence-electron chi connectivity index (χ2n) is 11.3. The average molecular weight is 694 g/mol. The second-order valence-corrected chi connectivity index (χ2v) is 11.3. The molecule has 1 saturated heterocycles. The molecule has 1 atom stereocenters. The predicted octanol–water partition coefficient (Wildman–Crippen LogP) is 2.11. The van der Waals surface area contributed by atoms with E-state index in [9.17, 15) is 24.0 Å². The molecule has 1 aromatic rings. The Hall–Kier alpha value is -3.47. The molecule has 0 saturated carbocycles. The summed E-state index contributed by atoms with van der Waals surface area (Å²) in [5, 5.41) is 5.32. The van der Waals surface area contributed by atoms with Gasteiger partial charge in [0.15, 0.2) is 0 Å². The molecule has 1 unspecified atom stereocenters. The molecule has 0 aromatic heterocycles. The number of carbonyl (C=O) groups is 5. The number of esters is 1. The van der Waals surface area contributed by atoms with Crippen LogP contribution in [0.2, 0.25) is 0 Å². The molecule has 4 amide bonds. The third-order valence-electron chi connectivity index (χ3n) is 7.62. The zero-order chi connectivity index (χ0) is 35.1. The fourth-order valence-electron chi connectivity index (χ4n) is 5.10. The first-order valence-electron chi connectivity index (χ1n) is 17.1. The van der Waals surface area contributed by atoms with E-state index in [1.165, 1.54) is 0 Å². The molecule has 49 heavy (non-hydrogen) atoms. The Morgan fingerprint density at radius 1 is 0.755 bits per heavy atom. The molecule has 2 aliphatic heterocycles. The summed E-state index contributed by atoms with van der Waals surface area (Å²) < 4.78 is 38.0. The molecule has 1 aromatic carbocycles. The fraction of sp³-hybridized carbons (Fsp3) is 0.676. The largest absolute Gasteiger partial charge is 0.463 e. The molecular weight excluding hydrogens is 642 g/mol. The van der Waals surface area contributed by atoms with Crippen molar-refractivity contribution in [1.29, 1.82) is 0 Å². The van der Waals surface area contributed by atoms with E-state index in [2.05, 4.69) is 17.6 Å². The van der Waals surface area contributed by atoms with E-state index in [0.29, 0.717) is 97.9 Å². The van der Waals surface area contributed by atoms with Crippen molar-refractivity contribution in [3.8, 4) is 0 Å². The number of nitrogens with one attached hydrogen (secondary N) is 2. The van der Waals surface area contributed by atoms with Gasteiger partial charge in [-0.15, -0.1) is 0 Å². The Labute approximate surface area is 287 Å². The number of amides is 4. The van der Waals surface area contributed by atoms with Gasteiger partial charge in [-0.2, -0.15) is 0 Å². The standard InChI is InChI=1S/C34H51N3O12/c1-2-3-4-5-9-30(39)49-25-24-48-23-22-47-21-20-46-19-18-45-17-16-44-15-14-43-13-12-35-27-8-6-7-26-31(27)34(42)37(33(26)41)28-10-11-29(38)36-32(28)40/h6-8,28,35H,2-5,9-25H2,1H3,(H,36,38,40). The lowest BCUT2D eigenvalue weighted by Gasteiger charge is -2.27. The minimum Gasteiger partial charge on any atom is -0.463 e. The Morgan fingerprint density at radius 2 is 1.33 bits per heavy atom. The van der Waals surface area contributed by atoms with Crippen LogP contribution in [0.3, 0.4) is 0 Å². The second kappa shape index (κ2) is 23.8. The van der Waals surface area contributed by atoms with Gasteiger partial charge in [-0.1, -0.05) is 32.3 Å². The van der Waals surface area contributed by atoms with E-state index < -0.39 is 29.7 Å². The molecule has 1 fully saturated rings. The van der Waals surface area contributed by atoms with Gasteiger partial charge in [-0.25, -0.2) is 0 Å². The van der Waals surface area contributed by atoms with Crippen molar-refractivity contribution in [2.24, 2.45) is 0 Å². The van der Waals surface area contributed by atoms with Crippen LogP contribution >= 0.6 is 0 Å². The highest BCUT2D eigenvalue weighted by atomic mass is 16.6. The number of hydrogen-bond donors (Lipinski definition) is 2.